The second kappa shape index (κ2) is 21.9. The first-order chi connectivity index (χ1) is 35.9. The number of hydrogen-bond acceptors (Lipinski definition) is 11. The van der Waals surface area contributed by atoms with Crippen LogP contribution in [-0.4, -0.2) is 134 Å². The molecule has 0 radical (unpaired) electrons. The molecule has 18 nitrogen and oxygen atoms in total. The van der Waals surface area contributed by atoms with Crippen molar-refractivity contribution in [2.45, 2.75) is 57.7 Å². The molecule has 0 atom stereocenters. The summed E-state index contributed by atoms with van der Waals surface area (Å²) < 4.78 is 53.6. The van der Waals surface area contributed by atoms with E-state index in [1.165, 1.54) is 36.7 Å². The minimum Gasteiger partial charge on any atom is -0.448 e. The van der Waals surface area contributed by atoms with Crippen LogP contribution in [0.5, 0.6) is 0 Å². The number of imidazole rings is 1. The summed E-state index contributed by atoms with van der Waals surface area (Å²) in [7, 11) is 0. The van der Waals surface area contributed by atoms with Crippen LogP contribution in [0.3, 0.4) is 0 Å². The Bertz CT molecular complexity index is 3040. The number of amides is 5. The molecule has 0 bridgehead atoms. The maximum absolute atomic E-state index is 14.2. The van der Waals surface area contributed by atoms with Gasteiger partial charge in [-0.25, -0.2) is 14.6 Å². The largest absolute Gasteiger partial charge is 0.448 e. The van der Waals surface area contributed by atoms with Gasteiger partial charge in [0.05, 0.1) is 33.9 Å². The van der Waals surface area contributed by atoms with Gasteiger partial charge in [-0.3, -0.25) is 24.5 Å². The molecule has 5 amide bonds. The number of alkyl carbamates (subject to hydrolysis) is 1. The van der Waals surface area contributed by atoms with Crippen LogP contribution in [0.25, 0.3) is 22.5 Å². The molecule has 22 heteroatoms. The highest BCUT2D eigenvalue weighted by molar-refractivity contribution is 6.34. The Balaban J connectivity index is 0.732. The second-order valence-corrected chi connectivity index (χ2v) is 19.9. The number of aromatic nitrogens is 5. The van der Waals surface area contributed by atoms with E-state index < -0.39 is 35.6 Å². The van der Waals surface area contributed by atoms with Crippen molar-refractivity contribution in [2.75, 3.05) is 69.6 Å². The normalized spacial score (nSPS) is 15.0. The molecule has 3 aliphatic rings. The number of ether oxygens (including phenoxy) is 2. The monoisotopic (exact) mass is 1050 g/mol. The summed E-state index contributed by atoms with van der Waals surface area (Å²) in [6, 6.07) is 23.9. The topological polar surface area (TPSA) is 220 Å². The predicted molar refractivity (Wildman–Crippen MR) is 272 cm³/mol. The number of nitrogens with zero attached hydrogens (tertiary/aromatic N) is 6. The van der Waals surface area contributed by atoms with Gasteiger partial charge in [0, 0.05) is 93.8 Å². The maximum Gasteiger partial charge on any atom is 0.435 e. The number of piperidine rings is 1. The second-order valence-electron chi connectivity index (χ2n) is 19.5. The van der Waals surface area contributed by atoms with Gasteiger partial charge in [0.25, 0.3) is 11.8 Å². The lowest BCUT2D eigenvalue weighted by atomic mass is 9.95. The van der Waals surface area contributed by atoms with Gasteiger partial charge in [0.15, 0.2) is 11.5 Å². The molecular weight excluding hydrogens is 995 g/mol. The van der Waals surface area contributed by atoms with Crippen molar-refractivity contribution in [1.82, 2.24) is 45.2 Å². The number of alkyl halides is 3. The molecule has 1 aliphatic carbocycles. The van der Waals surface area contributed by atoms with E-state index in [2.05, 4.69) is 65.4 Å². The number of carbonyl (C=O) groups is 5. The molecule has 9 rings (SSSR count). The molecule has 2 saturated heterocycles. The van der Waals surface area contributed by atoms with Crippen molar-refractivity contribution < 1.29 is 46.6 Å². The smallest absolute Gasteiger partial charge is 0.435 e. The number of anilines is 2. The molecule has 3 aromatic carbocycles. The summed E-state index contributed by atoms with van der Waals surface area (Å²) >= 11 is 6.60. The van der Waals surface area contributed by atoms with Crippen molar-refractivity contribution in [2.24, 2.45) is 5.92 Å². The average molecular weight is 1050 g/mol. The average Bonchev–Trinajstić information content (AvgIpc) is 4.14. The third kappa shape index (κ3) is 12.0. The molecule has 6 aromatic rings. The number of fused-ring (bicyclic) bond motifs is 3. The van der Waals surface area contributed by atoms with Gasteiger partial charge in [-0.05, 0) is 86.2 Å². The van der Waals surface area contributed by atoms with Gasteiger partial charge < -0.3 is 45.1 Å². The van der Waals surface area contributed by atoms with E-state index >= 15 is 0 Å². The zero-order valence-electron chi connectivity index (χ0n) is 41.4. The Labute approximate surface area is 434 Å². The van der Waals surface area contributed by atoms with E-state index in [4.69, 9.17) is 21.1 Å². The van der Waals surface area contributed by atoms with Gasteiger partial charge in [0.2, 0.25) is 5.91 Å². The number of H-pyrrole nitrogens is 2. The fourth-order valence-corrected chi connectivity index (χ4v) is 9.84. The Morgan fingerprint density at radius 2 is 1.45 bits per heavy atom. The van der Waals surface area contributed by atoms with E-state index in [0.717, 1.165) is 22.3 Å². The van der Waals surface area contributed by atoms with Crippen LogP contribution in [0.4, 0.5) is 34.1 Å². The fourth-order valence-electron chi connectivity index (χ4n) is 9.58. The Morgan fingerprint density at radius 1 is 0.787 bits per heavy atom. The van der Waals surface area contributed by atoms with Crippen molar-refractivity contribution in [3.05, 3.63) is 136 Å². The van der Waals surface area contributed by atoms with Gasteiger partial charge in [0.1, 0.15) is 12.2 Å². The Hall–Kier alpha value is -7.94. The van der Waals surface area contributed by atoms with Crippen LogP contribution in [0.1, 0.15) is 88.6 Å². The quantitative estimate of drug-likeness (QED) is 0.0690. The summed E-state index contributed by atoms with van der Waals surface area (Å²) in [5, 5.41) is 14.4. The summed E-state index contributed by atoms with van der Waals surface area (Å²) in [6.45, 7) is 8.06. The Morgan fingerprint density at radius 3 is 2.09 bits per heavy atom. The van der Waals surface area contributed by atoms with E-state index in [1.807, 2.05) is 24.3 Å². The highest BCUT2D eigenvalue weighted by atomic mass is 35.5. The summed E-state index contributed by atoms with van der Waals surface area (Å²) in [6.07, 6.45) is -2.42. The summed E-state index contributed by atoms with van der Waals surface area (Å²) in [4.78, 5) is 81.9. The number of aromatic amines is 2. The molecule has 2 aliphatic heterocycles. The Kier molecular flexibility index (Phi) is 15.1. The molecular formula is C53H55ClF3N11O7. The van der Waals surface area contributed by atoms with E-state index in [9.17, 15) is 37.1 Å². The van der Waals surface area contributed by atoms with Crippen molar-refractivity contribution >= 4 is 52.9 Å². The van der Waals surface area contributed by atoms with Crippen molar-refractivity contribution in [3.63, 3.8) is 0 Å². The number of pyridine rings is 1. The number of piperazine rings is 1. The lowest BCUT2D eigenvalue weighted by Gasteiger charge is -2.38. The first-order valence-electron chi connectivity index (χ1n) is 24.5. The molecule has 0 spiro atoms. The van der Waals surface area contributed by atoms with Crippen molar-refractivity contribution in [3.8, 4) is 22.5 Å². The highest BCUT2D eigenvalue weighted by Gasteiger charge is 2.39. The van der Waals surface area contributed by atoms with Crippen LogP contribution in [-0.2, 0) is 26.9 Å². The summed E-state index contributed by atoms with van der Waals surface area (Å²) in [5.74, 6) is -1.56. The van der Waals surface area contributed by atoms with E-state index in [0.29, 0.717) is 51.3 Å². The molecule has 392 valence electrons. The third-order valence-electron chi connectivity index (χ3n) is 13.3. The van der Waals surface area contributed by atoms with Gasteiger partial charge in [-0.1, -0.05) is 60.1 Å². The van der Waals surface area contributed by atoms with E-state index in [-0.39, 0.29) is 101 Å². The lowest BCUT2D eigenvalue weighted by Crippen LogP contribution is -2.53. The van der Waals surface area contributed by atoms with Crippen LogP contribution in [0, 0.1) is 5.92 Å². The number of likely N-dealkylation sites (tertiary alicyclic amines) is 1. The third-order valence-corrected chi connectivity index (χ3v) is 13.6. The van der Waals surface area contributed by atoms with E-state index in [1.54, 1.807) is 41.5 Å². The minimum atomic E-state index is -4.81. The summed E-state index contributed by atoms with van der Waals surface area (Å²) in [5.41, 5.74) is 3.92. The standard InChI is InChI=1S/C53H55ClF3N11O7/c1-52(2,3)75-50(72)59-19-18-58-33-13-15-43(60-28-33)44-40(45(65-64-44)53(55,56)57)26-34-29-61-46(62-34)47(69)63-32-12-14-39(42(54)27-32)49(71)67-24-22-66(23-25-67)48(70)31-16-20-68(21-17-31)51(73)74-30-41-37-10-6-4-8-35(37)36-9-5-7-11-38(36)41/h4-15,27-29,31,41,58H,16-26,30H2,1-3H3,(H,59,72)(H,61,62)(H,63,69)(H,64,65). The van der Waals surface area contributed by atoms with Crippen LogP contribution >= 0.6 is 11.6 Å². The molecule has 3 aromatic heterocycles. The molecule has 5 heterocycles. The lowest BCUT2D eigenvalue weighted by molar-refractivity contribution is -0.141. The first-order valence-corrected chi connectivity index (χ1v) is 24.9. The zero-order chi connectivity index (χ0) is 53.0. The number of benzene rings is 3. The molecule has 75 heavy (non-hydrogen) atoms. The van der Waals surface area contributed by atoms with Crippen LogP contribution in [0.15, 0.2) is 91.3 Å². The van der Waals surface area contributed by atoms with Gasteiger partial charge >= 0.3 is 18.4 Å². The SMILES string of the molecule is CC(C)(C)OC(=O)NCCNc1ccc(-c2[nH]nc(C(F)(F)F)c2Cc2cnc(C(=O)Nc3ccc(C(=O)N4CCN(C(=O)C5CCN(C(=O)OCC6c7ccccc7-c7ccccc76)CC5)CC4)c(Cl)c3)[nH]2)nc1. The fraction of sp³-hybridized carbons (Fsp3) is 0.358. The molecule has 2 fully saturated rings. The van der Waals surface area contributed by atoms with Crippen LogP contribution in [0.2, 0.25) is 5.02 Å². The number of carbonyl (C=O) groups excluding carboxylic acids is 5. The first kappa shape index (κ1) is 51.9. The number of nitrogens with one attached hydrogen (secondary N) is 5. The number of rotatable bonds is 13. The van der Waals surface area contributed by atoms with Gasteiger partial charge in [-0.15, -0.1) is 0 Å². The molecule has 0 unspecified atom stereocenters. The maximum atomic E-state index is 14.2. The molecule has 0 saturated carbocycles. The number of hydrogen-bond donors (Lipinski definition) is 5. The van der Waals surface area contributed by atoms with Crippen molar-refractivity contribution in [1.29, 1.82) is 0 Å². The minimum absolute atomic E-state index is 0.00867. The molecule has 5 N–H and O–H groups in total. The highest BCUT2D eigenvalue weighted by Crippen LogP contribution is 2.45. The number of halogens is 4. The van der Waals surface area contributed by atoms with Crippen LogP contribution < -0.4 is 16.0 Å². The predicted octanol–water partition coefficient (Wildman–Crippen LogP) is 8.59. The zero-order valence-corrected chi connectivity index (χ0v) is 42.1. The van der Waals surface area contributed by atoms with Gasteiger partial charge in [-0.2, -0.15) is 18.3 Å².